The van der Waals surface area contributed by atoms with Crippen molar-refractivity contribution in [2.45, 2.75) is 0 Å². The maximum Gasteiger partial charge on any atom is 0.273 e. The number of anilines is 1. The van der Waals surface area contributed by atoms with E-state index in [9.17, 15) is 4.79 Å². The summed E-state index contributed by atoms with van der Waals surface area (Å²) in [5, 5.41) is 5.53. The number of thiophene rings is 1. The molecule has 0 atom stereocenters. The van der Waals surface area contributed by atoms with Gasteiger partial charge in [0.15, 0.2) is 0 Å². The summed E-state index contributed by atoms with van der Waals surface area (Å²) in [5.41, 5.74) is 1.65. The van der Waals surface area contributed by atoms with Gasteiger partial charge in [0.25, 0.3) is 5.91 Å². The Kier molecular flexibility index (Phi) is 4.74. The summed E-state index contributed by atoms with van der Waals surface area (Å²) >= 11 is 9.24. The van der Waals surface area contributed by atoms with Crippen molar-refractivity contribution in [2.24, 2.45) is 0 Å². The molecule has 1 aliphatic rings. The van der Waals surface area contributed by atoms with Crippen molar-refractivity contribution in [1.82, 2.24) is 9.88 Å². The van der Waals surface area contributed by atoms with Crippen LogP contribution in [-0.2, 0) is 0 Å². The minimum atomic E-state index is 0.0183. The molecular weight excluding hydrogens is 374 g/mol. The zero-order valence-electron chi connectivity index (χ0n) is 13.4. The second-order valence-corrected chi connectivity index (χ2v) is 8.02. The van der Waals surface area contributed by atoms with E-state index in [-0.39, 0.29) is 5.91 Å². The van der Waals surface area contributed by atoms with Gasteiger partial charge in [-0.05, 0) is 29.6 Å². The molecule has 0 bridgehead atoms. The SMILES string of the molecule is O=C(c1csc(-c2cccs2)n1)N1CCN(c2cccc(Cl)c2)CC1. The molecule has 0 unspecified atom stereocenters. The summed E-state index contributed by atoms with van der Waals surface area (Å²) in [6.45, 7) is 2.98. The Morgan fingerprint density at radius 1 is 1.08 bits per heavy atom. The first-order valence-corrected chi connectivity index (χ1v) is 10.1. The van der Waals surface area contributed by atoms with E-state index in [0.717, 1.165) is 33.7 Å². The minimum absolute atomic E-state index is 0.0183. The fraction of sp³-hybridized carbons (Fsp3) is 0.222. The van der Waals surface area contributed by atoms with E-state index in [1.807, 2.05) is 46.0 Å². The van der Waals surface area contributed by atoms with Gasteiger partial charge >= 0.3 is 0 Å². The number of benzene rings is 1. The summed E-state index contributed by atoms with van der Waals surface area (Å²) in [6, 6.07) is 11.9. The van der Waals surface area contributed by atoms with Crippen LogP contribution >= 0.6 is 34.3 Å². The first-order chi connectivity index (χ1) is 12.2. The molecule has 0 N–H and O–H groups in total. The Morgan fingerprint density at radius 3 is 2.64 bits per heavy atom. The quantitative estimate of drug-likeness (QED) is 0.662. The highest BCUT2D eigenvalue weighted by Gasteiger charge is 2.24. The Labute approximate surface area is 159 Å². The van der Waals surface area contributed by atoms with Crippen LogP contribution in [0.25, 0.3) is 9.88 Å². The smallest absolute Gasteiger partial charge is 0.273 e. The van der Waals surface area contributed by atoms with Crippen molar-refractivity contribution in [1.29, 1.82) is 0 Å². The highest BCUT2D eigenvalue weighted by atomic mass is 35.5. The molecule has 0 spiro atoms. The monoisotopic (exact) mass is 389 g/mol. The number of thiazole rings is 1. The molecule has 0 aliphatic carbocycles. The highest BCUT2D eigenvalue weighted by molar-refractivity contribution is 7.20. The molecule has 1 saturated heterocycles. The molecule has 7 heteroatoms. The highest BCUT2D eigenvalue weighted by Crippen LogP contribution is 2.28. The van der Waals surface area contributed by atoms with Crippen LogP contribution in [0.15, 0.2) is 47.2 Å². The van der Waals surface area contributed by atoms with E-state index in [1.54, 1.807) is 11.3 Å². The first-order valence-electron chi connectivity index (χ1n) is 8.00. The molecule has 128 valence electrons. The van der Waals surface area contributed by atoms with Gasteiger partial charge < -0.3 is 9.80 Å². The van der Waals surface area contributed by atoms with Gasteiger partial charge in [-0.3, -0.25) is 4.79 Å². The van der Waals surface area contributed by atoms with Crippen LogP contribution in [0.5, 0.6) is 0 Å². The lowest BCUT2D eigenvalue weighted by Gasteiger charge is -2.35. The van der Waals surface area contributed by atoms with Gasteiger partial charge in [0.2, 0.25) is 0 Å². The fourth-order valence-corrected chi connectivity index (χ4v) is 4.68. The van der Waals surface area contributed by atoms with Gasteiger partial charge in [-0.25, -0.2) is 4.98 Å². The van der Waals surface area contributed by atoms with E-state index in [4.69, 9.17) is 11.6 Å². The molecular formula is C18H16ClN3OS2. The third-order valence-corrected chi connectivity index (χ3v) is 6.31. The van der Waals surface area contributed by atoms with E-state index in [1.165, 1.54) is 11.3 Å². The second kappa shape index (κ2) is 7.15. The number of carbonyl (C=O) groups is 1. The van der Waals surface area contributed by atoms with Gasteiger partial charge in [0, 0.05) is 42.3 Å². The number of aromatic nitrogens is 1. The molecule has 4 rings (SSSR count). The Hall–Kier alpha value is -1.89. The third kappa shape index (κ3) is 3.56. The Bertz CT molecular complexity index is 870. The van der Waals surface area contributed by atoms with Crippen LogP contribution < -0.4 is 4.90 Å². The zero-order chi connectivity index (χ0) is 17.2. The predicted molar refractivity (Wildman–Crippen MR) is 105 cm³/mol. The molecule has 3 aromatic rings. The maximum atomic E-state index is 12.7. The van der Waals surface area contributed by atoms with Crippen LogP contribution in [0.4, 0.5) is 5.69 Å². The van der Waals surface area contributed by atoms with Crippen LogP contribution in [0, 0.1) is 0 Å². The largest absolute Gasteiger partial charge is 0.368 e. The average Bonchev–Trinajstić information content (AvgIpc) is 3.32. The first kappa shape index (κ1) is 16.6. The molecule has 0 saturated carbocycles. The van der Waals surface area contributed by atoms with Crippen LogP contribution in [-0.4, -0.2) is 42.0 Å². The number of hydrogen-bond donors (Lipinski definition) is 0. The lowest BCUT2D eigenvalue weighted by atomic mass is 10.2. The molecule has 3 heterocycles. The molecule has 0 radical (unpaired) electrons. The van der Waals surface area contributed by atoms with Crippen molar-refractivity contribution in [3.05, 3.63) is 57.9 Å². The summed E-state index contributed by atoms with van der Waals surface area (Å²) in [6.07, 6.45) is 0. The number of halogens is 1. The normalized spacial score (nSPS) is 14.8. The Balaban J connectivity index is 1.41. The summed E-state index contributed by atoms with van der Waals surface area (Å²) in [4.78, 5) is 22.5. The van der Waals surface area contributed by atoms with E-state index < -0.39 is 0 Å². The summed E-state index contributed by atoms with van der Waals surface area (Å²) in [7, 11) is 0. The van der Waals surface area contributed by atoms with Crippen LogP contribution in [0.1, 0.15) is 10.5 Å². The van der Waals surface area contributed by atoms with Crippen molar-refractivity contribution < 1.29 is 4.79 Å². The van der Waals surface area contributed by atoms with Crippen LogP contribution in [0.2, 0.25) is 5.02 Å². The predicted octanol–water partition coefficient (Wildman–Crippen LogP) is 4.49. The standard InChI is InChI=1S/C18H16ClN3OS2/c19-13-3-1-4-14(11-13)21-6-8-22(9-7-21)18(23)15-12-25-17(20-15)16-5-2-10-24-16/h1-5,10-12H,6-9H2. The summed E-state index contributed by atoms with van der Waals surface area (Å²) < 4.78 is 0. The van der Waals surface area contributed by atoms with E-state index in [2.05, 4.69) is 16.0 Å². The number of amides is 1. The van der Waals surface area contributed by atoms with Gasteiger partial charge in [-0.1, -0.05) is 23.7 Å². The van der Waals surface area contributed by atoms with Gasteiger partial charge in [0.1, 0.15) is 10.7 Å². The molecule has 2 aromatic heterocycles. The summed E-state index contributed by atoms with van der Waals surface area (Å²) in [5.74, 6) is 0.0183. The van der Waals surface area contributed by atoms with E-state index >= 15 is 0 Å². The van der Waals surface area contributed by atoms with Crippen LogP contribution in [0.3, 0.4) is 0 Å². The number of hydrogen-bond acceptors (Lipinski definition) is 5. The molecule has 4 nitrogen and oxygen atoms in total. The lowest BCUT2D eigenvalue weighted by molar-refractivity contribution is 0.0742. The topological polar surface area (TPSA) is 36.4 Å². The van der Waals surface area contributed by atoms with Crippen molar-refractivity contribution in [3.8, 4) is 9.88 Å². The van der Waals surface area contributed by atoms with E-state index in [0.29, 0.717) is 18.8 Å². The number of nitrogens with zero attached hydrogens (tertiary/aromatic N) is 3. The average molecular weight is 390 g/mol. The fourth-order valence-electron chi connectivity index (χ4n) is 2.89. The number of carbonyl (C=O) groups excluding carboxylic acids is 1. The third-order valence-electron chi connectivity index (χ3n) is 4.20. The maximum absolute atomic E-state index is 12.7. The molecule has 1 amide bonds. The number of piperazine rings is 1. The van der Waals surface area contributed by atoms with Gasteiger partial charge in [-0.15, -0.1) is 22.7 Å². The number of rotatable bonds is 3. The van der Waals surface area contributed by atoms with Gasteiger partial charge in [-0.2, -0.15) is 0 Å². The molecule has 25 heavy (non-hydrogen) atoms. The molecule has 1 fully saturated rings. The Morgan fingerprint density at radius 2 is 1.92 bits per heavy atom. The van der Waals surface area contributed by atoms with Crippen molar-refractivity contribution >= 4 is 45.9 Å². The lowest BCUT2D eigenvalue weighted by Crippen LogP contribution is -2.48. The van der Waals surface area contributed by atoms with Gasteiger partial charge in [0.05, 0.1) is 4.88 Å². The molecule has 1 aromatic carbocycles. The molecule has 1 aliphatic heterocycles. The minimum Gasteiger partial charge on any atom is -0.368 e. The second-order valence-electron chi connectivity index (χ2n) is 5.77. The van der Waals surface area contributed by atoms with Crippen molar-refractivity contribution in [3.63, 3.8) is 0 Å². The zero-order valence-corrected chi connectivity index (χ0v) is 15.8. The van der Waals surface area contributed by atoms with Crippen molar-refractivity contribution in [2.75, 3.05) is 31.1 Å².